The van der Waals surface area contributed by atoms with E-state index in [-0.39, 0.29) is 11.4 Å². The highest BCUT2D eigenvalue weighted by molar-refractivity contribution is 6.04. The first-order valence-corrected chi connectivity index (χ1v) is 6.24. The van der Waals surface area contributed by atoms with Gasteiger partial charge < -0.3 is 10.1 Å². The van der Waals surface area contributed by atoms with Gasteiger partial charge in [0.2, 0.25) is 0 Å². The minimum Gasteiger partial charge on any atom is -0.433 e. The van der Waals surface area contributed by atoms with Crippen LogP contribution in [0.2, 0.25) is 0 Å². The van der Waals surface area contributed by atoms with Crippen molar-refractivity contribution in [1.82, 2.24) is 9.78 Å². The number of anilines is 1. The standard InChI is InChI=1S/C14H15F2N3O2/c1-8-4-5-12(21-14(15)16)10(6-8)17-13(20)11-7-9(2)18-19(11)3/h4-7,14H,1-3H3,(H,17,20). The third-order valence-electron chi connectivity index (χ3n) is 2.83. The molecule has 7 heteroatoms. The molecule has 0 aliphatic carbocycles. The Morgan fingerprint density at radius 3 is 2.62 bits per heavy atom. The van der Waals surface area contributed by atoms with Crippen LogP contribution in [0.1, 0.15) is 21.7 Å². The third kappa shape index (κ3) is 3.56. The molecular formula is C14H15F2N3O2. The fourth-order valence-corrected chi connectivity index (χ4v) is 1.95. The highest BCUT2D eigenvalue weighted by Gasteiger charge is 2.16. The van der Waals surface area contributed by atoms with Crippen LogP contribution in [0.5, 0.6) is 5.75 Å². The van der Waals surface area contributed by atoms with E-state index in [1.165, 1.54) is 10.7 Å². The zero-order valence-electron chi connectivity index (χ0n) is 11.9. The third-order valence-corrected chi connectivity index (χ3v) is 2.83. The SMILES string of the molecule is Cc1ccc(OC(F)F)c(NC(=O)c2cc(C)nn2C)c1. The van der Waals surface area contributed by atoms with Crippen molar-refractivity contribution in [1.29, 1.82) is 0 Å². The molecule has 1 heterocycles. The lowest BCUT2D eigenvalue weighted by molar-refractivity contribution is -0.0493. The largest absolute Gasteiger partial charge is 0.433 e. The number of rotatable bonds is 4. The lowest BCUT2D eigenvalue weighted by Crippen LogP contribution is -2.17. The second kappa shape index (κ2) is 5.90. The lowest BCUT2D eigenvalue weighted by atomic mass is 10.2. The fraction of sp³-hybridized carbons (Fsp3) is 0.286. The first-order chi connectivity index (χ1) is 9.86. The van der Waals surface area contributed by atoms with Crippen molar-refractivity contribution in [3.8, 4) is 5.75 Å². The molecule has 0 atom stereocenters. The summed E-state index contributed by atoms with van der Waals surface area (Å²) < 4.78 is 30.6. The summed E-state index contributed by atoms with van der Waals surface area (Å²) in [7, 11) is 1.63. The summed E-state index contributed by atoms with van der Waals surface area (Å²) in [4.78, 5) is 12.2. The predicted molar refractivity (Wildman–Crippen MR) is 73.7 cm³/mol. The maximum atomic E-state index is 12.4. The van der Waals surface area contributed by atoms with Gasteiger partial charge in [0.25, 0.3) is 5.91 Å². The van der Waals surface area contributed by atoms with Crippen LogP contribution in [0.15, 0.2) is 24.3 Å². The number of carbonyl (C=O) groups excluding carboxylic acids is 1. The molecule has 0 bridgehead atoms. The Labute approximate surface area is 120 Å². The molecule has 0 saturated carbocycles. The van der Waals surface area contributed by atoms with Crippen molar-refractivity contribution in [3.05, 3.63) is 41.2 Å². The number of aromatic nitrogens is 2. The van der Waals surface area contributed by atoms with Gasteiger partial charge in [-0.05, 0) is 37.6 Å². The number of hydrogen-bond donors (Lipinski definition) is 1. The number of aryl methyl sites for hydroxylation is 3. The van der Waals surface area contributed by atoms with Gasteiger partial charge in [-0.15, -0.1) is 0 Å². The summed E-state index contributed by atoms with van der Waals surface area (Å²) in [5, 5.41) is 6.64. The normalized spacial score (nSPS) is 10.8. The second-order valence-corrected chi connectivity index (χ2v) is 4.63. The molecule has 2 rings (SSSR count). The van der Waals surface area contributed by atoms with Crippen molar-refractivity contribution in [2.45, 2.75) is 20.5 Å². The van der Waals surface area contributed by atoms with Gasteiger partial charge in [0.15, 0.2) is 0 Å². The molecular weight excluding hydrogens is 280 g/mol. The summed E-state index contributed by atoms with van der Waals surface area (Å²) in [6.45, 7) is 0.590. The van der Waals surface area contributed by atoms with E-state index in [2.05, 4.69) is 15.2 Å². The molecule has 21 heavy (non-hydrogen) atoms. The Morgan fingerprint density at radius 2 is 2.05 bits per heavy atom. The maximum absolute atomic E-state index is 12.4. The van der Waals surface area contributed by atoms with Crippen LogP contribution in [0.3, 0.4) is 0 Å². The number of halogens is 2. The molecule has 1 aromatic carbocycles. The van der Waals surface area contributed by atoms with Gasteiger partial charge in [-0.25, -0.2) is 0 Å². The molecule has 0 radical (unpaired) electrons. The number of amides is 1. The second-order valence-electron chi connectivity index (χ2n) is 4.63. The van der Waals surface area contributed by atoms with Crippen LogP contribution in [-0.2, 0) is 7.05 Å². The summed E-state index contributed by atoms with van der Waals surface area (Å²) in [5.74, 6) is -0.523. The zero-order valence-corrected chi connectivity index (χ0v) is 11.9. The van der Waals surface area contributed by atoms with Crippen molar-refractivity contribution >= 4 is 11.6 Å². The van der Waals surface area contributed by atoms with E-state index in [1.807, 2.05) is 0 Å². The molecule has 2 aromatic rings. The average Bonchev–Trinajstić information content (AvgIpc) is 2.71. The molecule has 5 nitrogen and oxygen atoms in total. The van der Waals surface area contributed by atoms with E-state index < -0.39 is 12.5 Å². The highest BCUT2D eigenvalue weighted by atomic mass is 19.3. The van der Waals surface area contributed by atoms with Crippen LogP contribution in [0.4, 0.5) is 14.5 Å². The Kier molecular flexibility index (Phi) is 4.21. The van der Waals surface area contributed by atoms with Crippen molar-refractivity contribution in [2.75, 3.05) is 5.32 Å². The number of nitrogens with zero attached hydrogens (tertiary/aromatic N) is 2. The summed E-state index contributed by atoms with van der Waals surface area (Å²) >= 11 is 0. The molecule has 0 unspecified atom stereocenters. The molecule has 0 fully saturated rings. The Bertz CT molecular complexity index is 668. The molecule has 1 amide bonds. The molecule has 112 valence electrons. The zero-order chi connectivity index (χ0) is 15.6. The number of alkyl halides is 2. The van der Waals surface area contributed by atoms with Gasteiger partial charge in [0.1, 0.15) is 11.4 Å². The summed E-state index contributed by atoms with van der Waals surface area (Å²) in [6, 6.07) is 6.20. The highest BCUT2D eigenvalue weighted by Crippen LogP contribution is 2.27. The summed E-state index contributed by atoms with van der Waals surface area (Å²) in [5.41, 5.74) is 2.03. The number of hydrogen-bond acceptors (Lipinski definition) is 3. The monoisotopic (exact) mass is 295 g/mol. The van der Waals surface area contributed by atoms with Crippen LogP contribution >= 0.6 is 0 Å². The van der Waals surface area contributed by atoms with Gasteiger partial charge in [-0.1, -0.05) is 6.07 Å². The van der Waals surface area contributed by atoms with Gasteiger partial charge in [-0.2, -0.15) is 13.9 Å². The average molecular weight is 295 g/mol. The van der Waals surface area contributed by atoms with Gasteiger partial charge in [0, 0.05) is 7.05 Å². The molecule has 1 aromatic heterocycles. The molecule has 0 aliphatic heterocycles. The maximum Gasteiger partial charge on any atom is 0.387 e. The van der Waals surface area contributed by atoms with E-state index in [1.54, 1.807) is 39.1 Å². The van der Waals surface area contributed by atoms with Gasteiger partial charge >= 0.3 is 6.61 Å². The molecule has 0 saturated heterocycles. The first kappa shape index (κ1) is 15.0. The van der Waals surface area contributed by atoms with E-state index >= 15 is 0 Å². The topological polar surface area (TPSA) is 56.1 Å². The van der Waals surface area contributed by atoms with Gasteiger partial charge in [-0.3, -0.25) is 9.48 Å². The Morgan fingerprint density at radius 1 is 1.33 bits per heavy atom. The number of ether oxygens (including phenoxy) is 1. The Hall–Kier alpha value is -2.44. The van der Waals surface area contributed by atoms with Gasteiger partial charge in [0.05, 0.1) is 11.4 Å². The van der Waals surface area contributed by atoms with Crippen LogP contribution in [0, 0.1) is 13.8 Å². The minimum absolute atomic E-state index is 0.0807. The molecule has 1 N–H and O–H groups in total. The number of nitrogens with one attached hydrogen (secondary N) is 1. The Balaban J connectivity index is 2.28. The minimum atomic E-state index is -2.96. The quantitative estimate of drug-likeness (QED) is 0.943. The molecule has 0 aliphatic rings. The first-order valence-electron chi connectivity index (χ1n) is 6.24. The van der Waals surface area contributed by atoms with E-state index in [4.69, 9.17) is 0 Å². The van der Waals surface area contributed by atoms with E-state index in [0.717, 1.165) is 5.56 Å². The predicted octanol–water partition coefficient (Wildman–Crippen LogP) is 2.89. The van der Waals surface area contributed by atoms with Crippen molar-refractivity contribution < 1.29 is 18.3 Å². The van der Waals surface area contributed by atoms with Crippen LogP contribution < -0.4 is 10.1 Å². The number of carbonyl (C=O) groups is 1. The van der Waals surface area contributed by atoms with Crippen LogP contribution in [-0.4, -0.2) is 22.3 Å². The fourth-order valence-electron chi connectivity index (χ4n) is 1.95. The molecule has 0 spiro atoms. The number of benzene rings is 1. The van der Waals surface area contributed by atoms with Crippen LogP contribution in [0.25, 0.3) is 0 Å². The van der Waals surface area contributed by atoms with E-state index in [9.17, 15) is 13.6 Å². The smallest absolute Gasteiger partial charge is 0.387 e. The lowest BCUT2D eigenvalue weighted by Gasteiger charge is -2.12. The van der Waals surface area contributed by atoms with Crippen molar-refractivity contribution in [2.24, 2.45) is 7.05 Å². The summed E-state index contributed by atoms with van der Waals surface area (Å²) in [6.07, 6.45) is 0. The van der Waals surface area contributed by atoms with Crippen molar-refractivity contribution in [3.63, 3.8) is 0 Å². The van der Waals surface area contributed by atoms with E-state index in [0.29, 0.717) is 11.4 Å².